The van der Waals surface area contributed by atoms with Crippen LogP contribution in [-0.4, -0.2) is 18.1 Å². The van der Waals surface area contributed by atoms with Crippen LogP contribution >= 0.6 is 15.9 Å². The highest BCUT2D eigenvalue weighted by Crippen LogP contribution is 2.41. The Morgan fingerprint density at radius 2 is 1.72 bits per heavy atom. The highest BCUT2D eigenvalue weighted by Gasteiger charge is 2.40. The number of hydrogen-bond acceptors (Lipinski definition) is 2. The van der Waals surface area contributed by atoms with Crippen molar-refractivity contribution in [2.24, 2.45) is 5.73 Å². The quantitative estimate of drug-likeness (QED) is 0.806. The summed E-state index contributed by atoms with van der Waals surface area (Å²) in [5.74, 6) is -1.04. The molecule has 5 heteroatoms. The van der Waals surface area contributed by atoms with E-state index in [1.165, 1.54) is 0 Å². The summed E-state index contributed by atoms with van der Waals surface area (Å²) in [6.45, 7) is 0. The van der Waals surface area contributed by atoms with Crippen LogP contribution in [0.25, 0.3) is 0 Å². The molecule has 2 saturated heterocycles. The van der Waals surface area contributed by atoms with Crippen molar-refractivity contribution in [3.8, 4) is 0 Å². The van der Waals surface area contributed by atoms with Crippen molar-refractivity contribution in [3.63, 3.8) is 0 Å². The van der Waals surface area contributed by atoms with E-state index in [0.717, 1.165) is 31.7 Å². The summed E-state index contributed by atoms with van der Waals surface area (Å²) in [7, 11) is 0. The first-order valence-electron chi connectivity index (χ1n) is 6.24. The fraction of sp³-hybridized carbons (Fsp3) is 0.538. The van der Waals surface area contributed by atoms with Crippen LogP contribution in [0.5, 0.6) is 0 Å². The van der Waals surface area contributed by atoms with E-state index in [1.807, 2.05) is 0 Å². The summed E-state index contributed by atoms with van der Waals surface area (Å²) >= 11 is 3.13. The van der Waals surface area contributed by atoms with Crippen molar-refractivity contribution < 1.29 is 8.78 Å². The number of fused-ring (bicyclic) bond motifs is 2. The van der Waals surface area contributed by atoms with Crippen LogP contribution in [0.15, 0.2) is 16.6 Å². The van der Waals surface area contributed by atoms with Crippen molar-refractivity contribution in [2.45, 2.75) is 43.8 Å². The fourth-order valence-corrected chi connectivity index (χ4v) is 3.65. The van der Waals surface area contributed by atoms with Gasteiger partial charge in [0.05, 0.1) is 10.2 Å². The van der Waals surface area contributed by atoms with Crippen LogP contribution in [0, 0.1) is 11.6 Å². The maximum absolute atomic E-state index is 14.0. The summed E-state index contributed by atoms with van der Waals surface area (Å²) in [5.41, 5.74) is 6.50. The topological polar surface area (TPSA) is 29.3 Å². The summed E-state index contributed by atoms with van der Waals surface area (Å²) in [5, 5.41) is 0. The Labute approximate surface area is 113 Å². The van der Waals surface area contributed by atoms with Crippen molar-refractivity contribution >= 4 is 21.6 Å². The van der Waals surface area contributed by atoms with Gasteiger partial charge in [-0.1, -0.05) is 0 Å². The summed E-state index contributed by atoms with van der Waals surface area (Å²) in [6, 6.07) is 3.31. The number of benzene rings is 1. The van der Waals surface area contributed by atoms with Crippen LogP contribution < -0.4 is 10.6 Å². The largest absolute Gasteiger partial charge is 0.363 e. The van der Waals surface area contributed by atoms with E-state index in [4.69, 9.17) is 5.73 Å². The molecule has 2 unspecified atom stereocenters. The van der Waals surface area contributed by atoms with Gasteiger partial charge in [-0.05, 0) is 47.7 Å². The van der Waals surface area contributed by atoms with E-state index in [-0.39, 0.29) is 6.04 Å². The first-order chi connectivity index (χ1) is 8.56. The molecule has 2 aliphatic heterocycles. The van der Waals surface area contributed by atoms with Crippen LogP contribution in [0.2, 0.25) is 0 Å². The first-order valence-corrected chi connectivity index (χ1v) is 7.04. The molecule has 2 N–H and O–H groups in total. The van der Waals surface area contributed by atoms with Crippen molar-refractivity contribution in [2.75, 3.05) is 4.90 Å². The van der Waals surface area contributed by atoms with Gasteiger partial charge in [0.15, 0.2) is 0 Å². The maximum Gasteiger partial charge on any atom is 0.149 e. The first kappa shape index (κ1) is 12.4. The number of nitrogens with zero attached hydrogens (tertiary/aromatic N) is 1. The predicted molar refractivity (Wildman–Crippen MR) is 70.6 cm³/mol. The normalized spacial score (nSPS) is 30.9. The minimum atomic E-state index is -0.558. The van der Waals surface area contributed by atoms with Gasteiger partial charge in [0, 0.05) is 24.2 Å². The van der Waals surface area contributed by atoms with Gasteiger partial charge in [-0.25, -0.2) is 8.78 Å². The lowest BCUT2D eigenvalue weighted by atomic mass is 9.97. The summed E-state index contributed by atoms with van der Waals surface area (Å²) in [6.07, 6.45) is 3.88. The highest BCUT2D eigenvalue weighted by atomic mass is 79.9. The molecule has 1 aromatic carbocycles. The highest BCUT2D eigenvalue weighted by molar-refractivity contribution is 9.10. The van der Waals surface area contributed by atoms with E-state index >= 15 is 0 Å². The molecule has 3 rings (SSSR count). The Balaban J connectivity index is 1.98. The van der Waals surface area contributed by atoms with Crippen LogP contribution in [0.3, 0.4) is 0 Å². The average molecular weight is 317 g/mol. The third-order valence-corrected chi connectivity index (χ3v) is 4.65. The number of rotatable bonds is 1. The number of hydrogen-bond donors (Lipinski definition) is 1. The van der Waals surface area contributed by atoms with Crippen molar-refractivity contribution in [1.29, 1.82) is 0 Å². The fourth-order valence-electron chi connectivity index (χ4n) is 3.32. The molecule has 1 aromatic rings. The van der Waals surface area contributed by atoms with E-state index in [0.29, 0.717) is 22.2 Å². The zero-order chi connectivity index (χ0) is 12.9. The molecular weight excluding hydrogens is 302 g/mol. The molecule has 2 fully saturated rings. The summed E-state index contributed by atoms with van der Waals surface area (Å²) in [4.78, 5) is 2.10. The lowest BCUT2D eigenvalue weighted by Gasteiger charge is -2.39. The average Bonchev–Trinajstić information content (AvgIpc) is 2.56. The molecule has 18 heavy (non-hydrogen) atoms. The van der Waals surface area contributed by atoms with Gasteiger partial charge in [0.2, 0.25) is 0 Å². The molecule has 0 amide bonds. The number of nitrogens with two attached hydrogens (primary N) is 1. The van der Waals surface area contributed by atoms with E-state index in [9.17, 15) is 8.78 Å². The van der Waals surface area contributed by atoms with E-state index in [1.54, 1.807) is 6.07 Å². The molecule has 0 saturated carbocycles. The van der Waals surface area contributed by atoms with Crippen molar-refractivity contribution in [1.82, 2.24) is 0 Å². The number of anilines is 1. The van der Waals surface area contributed by atoms with Gasteiger partial charge < -0.3 is 10.6 Å². The van der Waals surface area contributed by atoms with Crippen molar-refractivity contribution in [3.05, 3.63) is 28.2 Å². The minimum Gasteiger partial charge on any atom is -0.363 e. The van der Waals surface area contributed by atoms with Crippen LogP contribution in [0.1, 0.15) is 25.7 Å². The van der Waals surface area contributed by atoms with Gasteiger partial charge in [-0.2, -0.15) is 0 Å². The zero-order valence-electron chi connectivity index (χ0n) is 9.87. The monoisotopic (exact) mass is 316 g/mol. The Morgan fingerprint density at radius 1 is 1.11 bits per heavy atom. The Morgan fingerprint density at radius 3 is 2.33 bits per heavy atom. The van der Waals surface area contributed by atoms with Gasteiger partial charge in [-0.15, -0.1) is 0 Å². The number of piperidine rings is 1. The van der Waals surface area contributed by atoms with E-state index in [2.05, 4.69) is 20.8 Å². The molecule has 2 bridgehead atoms. The molecule has 2 atom stereocenters. The van der Waals surface area contributed by atoms with Crippen LogP contribution in [-0.2, 0) is 0 Å². The Hall–Kier alpha value is -0.680. The lowest BCUT2D eigenvalue weighted by Crippen LogP contribution is -2.47. The predicted octanol–water partition coefficient (Wildman–Crippen LogP) is 3.19. The smallest absolute Gasteiger partial charge is 0.149 e. The minimum absolute atomic E-state index is 0.214. The molecule has 0 aromatic heterocycles. The molecule has 98 valence electrons. The second kappa shape index (κ2) is 4.46. The Bertz CT molecular complexity index is 466. The summed E-state index contributed by atoms with van der Waals surface area (Å²) < 4.78 is 27.5. The Kier molecular flexibility index (Phi) is 3.06. The number of halogens is 3. The van der Waals surface area contributed by atoms with Gasteiger partial charge >= 0.3 is 0 Å². The zero-order valence-corrected chi connectivity index (χ0v) is 11.5. The molecular formula is C13H15BrF2N2. The molecule has 0 radical (unpaired) electrons. The van der Waals surface area contributed by atoms with Gasteiger partial charge in [0.1, 0.15) is 11.6 Å². The molecule has 2 aliphatic rings. The van der Waals surface area contributed by atoms with Crippen LogP contribution in [0.4, 0.5) is 14.5 Å². The lowest BCUT2D eigenvalue weighted by molar-refractivity contribution is 0.409. The molecule has 0 spiro atoms. The molecule has 2 nitrogen and oxygen atoms in total. The SMILES string of the molecule is NC1CC2CCC(C1)N2c1cc(Br)c(F)cc1F. The second-order valence-corrected chi connectivity index (χ2v) is 6.10. The molecule has 2 heterocycles. The van der Waals surface area contributed by atoms with Gasteiger partial charge in [0.25, 0.3) is 0 Å². The molecule has 0 aliphatic carbocycles. The van der Waals surface area contributed by atoms with E-state index < -0.39 is 11.6 Å². The third kappa shape index (κ3) is 1.93. The third-order valence-electron chi connectivity index (χ3n) is 4.04. The maximum atomic E-state index is 14.0. The standard InChI is InChI=1S/C13H15BrF2N2/c14-10-5-13(12(16)6-11(10)15)18-8-1-2-9(18)4-7(17)3-8/h5-9H,1-4,17H2. The van der Waals surface area contributed by atoms with Gasteiger partial charge in [-0.3, -0.25) is 0 Å². The second-order valence-electron chi connectivity index (χ2n) is 5.24.